The number of nitrogens with two attached hydrogens (primary N) is 5. The van der Waals surface area contributed by atoms with Crippen LogP contribution in [0.5, 0.6) is 0 Å². The first kappa shape index (κ1) is 73.9. The molecule has 1 aliphatic rings. The van der Waals surface area contributed by atoms with Crippen LogP contribution < -0.4 is 87.2 Å². The lowest BCUT2D eigenvalue weighted by molar-refractivity contribution is -0.137. The van der Waals surface area contributed by atoms with E-state index in [9.17, 15) is 68.1 Å². The van der Waals surface area contributed by atoms with Gasteiger partial charge in [0.15, 0.2) is 0 Å². The molecule has 0 saturated carbocycles. The van der Waals surface area contributed by atoms with Crippen LogP contribution in [0.15, 0.2) is 0 Å². The first-order valence-electron chi connectivity index (χ1n) is 28.5. The highest BCUT2D eigenvalue weighted by Gasteiger charge is 2.37. The van der Waals surface area contributed by atoms with Gasteiger partial charge in [0.05, 0.1) is 12.2 Å². The number of hydrogen-bond acceptors (Lipinski definition) is 19. The monoisotopic (exact) mass is 1170 g/mol. The summed E-state index contributed by atoms with van der Waals surface area (Å²) in [6, 6.07) is -14.6. The van der Waals surface area contributed by atoms with E-state index in [1.54, 1.807) is 27.7 Å². The Morgan fingerprint density at radius 3 is 1.39 bits per heavy atom. The van der Waals surface area contributed by atoms with Gasteiger partial charge in [-0.1, -0.05) is 41.0 Å². The number of nitrogens with one attached hydrogen (secondary N) is 11. The molecule has 470 valence electrons. The molecule has 24 N–H and O–H groups in total. The van der Waals surface area contributed by atoms with Gasteiger partial charge in [-0.2, -0.15) is 0 Å². The van der Waals surface area contributed by atoms with Gasteiger partial charge in [-0.3, -0.25) is 52.7 Å². The van der Waals surface area contributed by atoms with E-state index in [1.165, 1.54) is 13.8 Å². The van der Waals surface area contributed by atoms with E-state index in [0.29, 0.717) is 19.3 Å². The van der Waals surface area contributed by atoms with Gasteiger partial charge in [0.2, 0.25) is 65.0 Å². The van der Waals surface area contributed by atoms with Gasteiger partial charge in [-0.05, 0) is 129 Å². The van der Waals surface area contributed by atoms with E-state index < -0.39 is 151 Å². The van der Waals surface area contributed by atoms with Crippen LogP contribution in [0.25, 0.3) is 0 Å². The normalized spacial score (nSPS) is 23.4. The third-order valence-electron chi connectivity index (χ3n) is 13.4. The Kier molecular flexibility index (Phi) is 35.4. The van der Waals surface area contributed by atoms with E-state index in [4.69, 9.17) is 28.7 Å². The first-order valence-corrected chi connectivity index (χ1v) is 28.5. The second-order valence-electron chi connectivity index (χ2n) is 21.7. The summed E-state index contributed by atoms with van der Waals surface area (Å²) in [5.41, 5.74) is 29.2. The van der Waals surface area contributed by atoms with Crippen LogP contribution in [0.1, 0.15) is 126 Å². The van der Waals surface area contributed by atoms with Crippen molar-refractivity contribution in [2.75, 3.05) is 45.9 Å². The lowest BCUT2D eigenvalue weighted by Gasteiger charge is -2.29. The predicted molar refractivity (Wildman–Crippen MR) is 302 cm³/mol. The van der Waals surface area contributed by atoms with Crippen molar-refractivity contribution in [1.82, 2.24) is 58.5 Å². The highest BCUT2D eigenvalue weighted by atomic mass is 16.3. The molecule has 1 saturated heterocycles. The molecular formula is C52H98N16O14. The van der Waals surface area contributed by atoms with Crippen LogP contribution in [0.2, 0.25) is 0 Å². The fourth-order valence-electron chi connectivity index (χ4n) is 8.76. The molecule has 11 amide bonds. The second-order valence-corrected chi connectivity index (χ2v) is 21.7. The minimum Gasteiger partial charge on any atom is -0.396 e. The Labute approximate surface area is 480 Å². The summed E-state index contributed by atoms with van der Waals surface area (Å²) in [6.45, 7) is 10.3. The Bertz CT molecular complexity index is 2070. The maximum absolute atomic E-state index is 14.4. The standard InChI is InChI=1S/C52H98N16O14/c1-27(2)25-38-49(79)62-33(12-19-54)43(73)61-36(15-22-57)48(78)67-41(30(6)70)51(81)58-23-16-37(46(76)60-34(13-20-55)45(75)65-39(26-28(3)4)50(80)66-38)63-44(74)35(14-21-56)64-52(82)42(31(7)71)68-47(77)32(11-18-53)59-40(72)10-8-9-29(5)17-24-69/h27-39,41-42,69-71H,8-26,53-57H2,1-7H3,(H,58,81)(H,59,72)(H,60,76)(H,61,73)(H,62,79)(H,63,74)(H,64,82)(H,65,75)(H,66,80)(H,67,78)(H,68,77)/t29?,30-,31-,32+,33+,34+,35+,36+,37+,38+,39-,41+,42+/m1/s1. The molecule has 0 aromatic carbocycles. The second kappa shape index (κ2) is 39.4. The van der Waals surface area contributed by atoms with Crippen LogP contribution >= 0.6 is 0 Å². The summed E-state index contributed by atoms with van der Waals surface area (Å²) in [7, 11) is 0. The SMILES string of the molecule is CC(C)C[C@@H]1NC(=O)[C@@H](CC(C)C)NC(=O)[C@H](CCN)NC(=O)[C@@H](NC(=O)[C@H](CCN)NC(=O)[C@@H](NC(=O)[C@H](CCN)NC(=O)CCCC(C)CCO)[C@@H](C)O)CCNC(=O)[C@H]([C@@H](C)O)NC(=O)[C@H](CCN)NC(=O)[C@H](CCN)NC1=O. The van der Waals surface area contributed by atoms with Gasteiger partial charge in [0.25, 0.3) is 0 Å². The molecule has 1 heterocycles. The highest BCUT2D eigenvalue weighted by molar-refractivity contribution is 5.99. The van der Waals surface area contributed by atoms with Crippen molar-refractivity contribution in [3.8, 4) is 0 Å². The Balaban J connectivity index is 3.82. The van der Waals surface area contributed by atoms with Crippen molar-refractivity contribution in [3.63, 3.8) is 0 Å². The van der Waals surface area contributed by atoms with Crippen LogP contribution in [-0.4, -0.2) is 199 Å². The molecule has 82 heavy (non-hydrogen) atoms. The summed E-state index contributed by atoms with van der Waals surface area (Å²) in [6.07, 6.45) is -2.61. The minimum atomic E-state index is -1.72. The van der Waals surface area contributed by atoms with Crippen molar-refractivity contribution in [2.45, 2.75) is 198 Å². The van der Waals surface area contributed by atoms with Gasteiger partial charge in [-0.25, -0.2) is 0 Å². The third-order valence-corrected chi connectivity index (χ3v) is 13.4. The fourth-order valence-corrected chi connectivity index (χ4v) is 8.76. The number of aliphatic hydroxyl groups is 3. The van der Waals surface area contributed by atoms with Gasteiger partial charge in [0, 0.05) is 19.6 Å². The molecule has 1 unspecified atom stereocenters. The molecule has 30 heteroatoms. The average molecular weight is 1170 g/mol. The van der Waals surface area contributed by atoms with Crippen LogP contribution in [-0.2, 0) is 52.7 Å². The third kappa shape index (κ3) is 27.3. The Morgan fingerprint density at radius 1 is 0.524 bits per heavy atom. The molecule has 30 nitrogen and oxygen atoms in total. The molecule has 0 bridgehead atoms. The van der Waals surface area contributed by atoms with Gasteiger partial charge >= 0.3 is 0 Å². The zero-order valence-corrected chi connectivity index (χ0v) is 48.8. The molecule has 0 aliphatic carbocycles. The van der Waals surface area contributed by atoms with E-state index in [2.05, 4.69) is 58.5 Å². The molecule has 1 aliphatic heterocycles. The summed E-state index contributed by atoms with van der Waals surface area (Å²) in [4.78, 5) is 153. The zero-order valence-electron chi connectivity index (χ0n) is 48.8. The number of amides is 11. The molecule has 1 fully saturated rings. The maximum Gasteiger partial charge on any atom is 0.245 e. The van der Waals surface area contributed by atoms with Crippen molar-refractivity contribution >= 4 is 65.0 Å². The molecule has 0 radical (unpaired) electrons. The van der Waals surface area contributed by atoms with Gasteiger partial charge in [-0.15, -0.1) is 0 Å². The topological polar surface area (TPSA) is 511 Å². The lowest BCUT2D eigenvalue weighted by Crippen LogP contribution is -2.62. The molecule has 13 atom stereocenters. The fraction of sp³-hybridized carbons (Fsp3) is 0.788. The van der Waals surface area contributed by atoms with E-state index in [1.807, 2.05) is 6.92 Å². The van der Waals surface area contributed by atoms with Crippen molar-refractivity contribution in [2.24, 2.45) is 46.4 Å². The van der Waals surface area contributed by atoms with Crippen molar-refractivity contribution in [3.05, 3.63) is 0 Å². The summed E-state index contributed by atoms with van der Waals surface area (Å²) >= 11 is 0. The smallest absolute Gasteiger partial charge is 0.245 e. The Morgan fingerprint density at radius 2 is 0.963 bits per heavy atom. The zero-order chi connectivity index (χ0) is 62.2. The molecule has 0 aromatic heterocycles. The summed E-state index contributed by atoms with van der Waals surface area (Å²) < 4.78 is 0. The molecule has 1 rings (SSSR count). The number of carbonyl (C=O) groups is 11. The van der Waals surface area contributed by atoms with Crippen molar-refractivity contribution < 1.29 is 68.1 Å². The van der Waals surface area contributed by atoms with Crippen LogP contribution in [0.3, 0.4) is 0 Å². The van der Waals surface area contributed by atoms with Crippen LogP contribution in [0, 0.1) is 17.8 Å². The number of carbonyl (C=O) groups excluding carboxylic acids is 11. The summed E-state index contributed by atoms with van der Waals surface area (Å²) in [5.74, 6) is -10.0. The van der Waals surface area contributed by atoms with Gasteiger partial charge < -0.3 is 102 Å². The predicted octanol–water partition coefficient (Wildman–Crippen LogP) is -6.86. The minimum absolute atomic E-state index is 0.00321. The van der Waals surface area contributed by atoms with Crippen LogP contribution in [0.4, 0.5) is 0 Å². The van der Waals surface area contributed by atoms with Gasteiger partial charge in [0.1, 0.15) is 60.4 Å². The van der Waals surface area contributed by atoms with Crippen molar-refractivity contribution in [1.29, 1.82) is 0 Å². The quantitative estimate of drug-likeness (QED) is 0.0331. The van der Waals surface area contributed by atoms with E-state index in [-0.39, 0.29) is 108 Å². The first-order chi connectivity index (χ1) is 38.7. The number of hydrogen-bond donors (Lipinski definition) is 19. The number of rotatable bonds is 29. The Hall–Kier alpha value is -6.15. The number of aliphatic hydroxyl groups excluding tert-OH is 3. The molecular weight excluding hydrogens is 1070 g/mol. The van der Waals surface area contributed by atoms with E-state index >= 15 is 0 Å². The molecule has 0 aromatic rings. The lowest BCUT2D eigenvalue weighted by atomic mass is 9.99. The maximum atomic E-state index is 14.4. The van der Waals surface area contributed by atoms with E-state index in [0.717, 1.165) is 0 Å². The summed E-state index contributed by atoms with van der Waals surface area (Å²) in [5, 5.41) is 58.5. The largest absolute Gasteiger partial charge is 0.396 e. The average Bonchev–Trinajstić information content (AvgIpc) is 3.46. The molecule has 0 spiro atoms. The highest BCUT2D eigenvalue weighted by Crippen LogP contribution is 2.14.